The van der Waals surface area contributed by atoms with Crippen LogP contribution in [0.2, 0.25) is 0 Å². The van der Waals surface area contributed by atoms with Gasteiger partial charge in [0.1, 0.15) is 0 Å². The Kier molecular flexibility index (Phi) is 5.46. The highest BCUT2D eigenvalue weighted by Crippen LogP contribution is 2.45. The van der Waals surface area contributed by atoms with Crippen molar-refractivity contribution in [3.8, 4) is 17.2 Å². The summed E-state index contributed by atoms with van der Waals surface area (Å²) in [4.78, 5) is 26.6. The van der Waals surface area contributed by atoms with Crippen LogP contribution in [0.5, 0.6) is 17.2 Å². The summed E-state index contributed by atoms with van der Waals surface area (Å²) in [5, 5.41) is 9.70. The van der Waals surface area contributed by atoms with E-state index in [2.05, 4.69) is 0 Å². The molecule has 8 heteroatoms. The number of hydrogen-bond acceptors (Lipinski definition) is 6. The van der Waals surface area contributed by atoms with Crippen LogP contribution in [0.25, 0.3) is 0 Å². The minimum absolute atomic E-state index is 0.185. The molecule has 1 aromatic carbocycles. The van der Waals surface area contributed by atoms with Crippen molar-refractivity contribution in [2.45, 2.75) is 12.8 Å². The van der Waals surface area contributed by atoms with E-state index in [4.69, 9.17) is 18.9 Å². The Bertz CT molecular complexity index is 702. The summed E-state index contributed by atoms with van der Waals surface area (Å²) in [6.07, 6.45) is 1.28. The maximum atomic E-state index is 13.1. The molecule has 0 aliphatic carbocycles. The second kappa shape index (κ2) is 7.64. The molecule has 1 amide bonds. The van der Waals surface area contributed by atoms with Gasteiger partial charge in [0.2, 0.25) is 5.75 Å². The molecule has 0 saturated carbocycles. The fourth-order valence-corrected chi connectivity index (χ4v) is 4.14. The fraction of sp³-hybridized carbons (Fsp3) is 0.579. The summed E-state index contributed by atoms with van der Waals surface area (Å²) < 4.78 is 21.3. The number of carboxylic acids is 1. The molecule has 3 rings (SSSR count). The molecule has 1 N–H and O–H groups in total. The van der Waals surface area contributed by atoms with Crippen LogP contribution in [0.3, 0.4) is 0 Å². The number of amides is 1. The van der Waals surface area contributed by atoms with Crippen molar-refractivity contribution < 1.29 is 33.6 Å². The SMILES string of the molecule is COc1cc(C(=O)N2CC(C(=O)O)C3(CCOCC3)C2)cc(OC)c1OC. The Balaban J connectivity index is 1.91. The van der Waals surface area contributed by atoms with Gasteiger partial charge >= 0.3 is 5.97 Å². The predicted octanol–water partition coefficient (Wildman–Crippen LogP) is 1.67. The quantitative estimate of drug-likeness (QED) is 0.831. The minimum Gasteiger partial charge on any atom is -0.493 e. The number of benzene rings is 1. The van der Waals surface area contributed by atoms with Gasteiger partial charge < -0.3 is 29.0 Å². The minimum atomic E-state index is -0.864. The van der Waals surface area contributed by atoms with Gasteiger partial charge in [0, 0.05) is 37.3 Å². The van der Waals surface area contributed by atoms with E-state index in [1.165, 1.54) is 21.3 Å². The smallest absolute Gasteiger partial charge is 0.308 e. The fourth-order valence-electron chi connectivity index (χ4n) is 4.14. The number of nitrogens with zero attached hydrogens (tertiary/aromatic N) is 1. The van der Waals surface area contributed by atoms with Gasteiger partial charge in [-0.15, -0.1) is 0 Å². The van der Waals surface area contributed by atoms with E-state index >= 15 is 0 Å². The van der Waals surface area contributed by atoms with E-state index in [1.807, 2.05) is 0 Å². The summed E-state index contributed by atoms with van der Waals surface area (Å²) in [6, 6.07) is 3.18. The van der Waals surface area contributed by atoms with Gasteiger partial charge in [-0.25, -0.2) is 0 Å². The van der Waals surface area contributed by atoms with Gasteiger partial charge in [-0.3, -0.25) is 9.59 Å². The zero-order valence-electron chi connectivity index (χ0n) is 15.8. The molecule has 0 aromatic heterocycles. The monoisotopic (exact) mass is 379 g/mol. The first-order chi connectivity index (χ1) is 13.0. The maximum absolute atomic E-state index is 13.1. The van der Waals surface area contributed by atoms with E-state index in [0.29, 0.717) is 55.4 Å². The van der Waals surface area contributed by atoms with E-state index in [-0.39, 0.29) is 12.5 Å². The number of aliphatic carboxylic acids is 1. The summed E-state index contributed by atoms with van der Waals surface area (Å²) in [5.41, 5.74) is -0.0573. The summed E-state index contributed by atoms with van der Waals surface area (Å²) in [6.45, 7) is 1.64. The molecule has 0 bridgehead atoms. The van der Waals surface area contributed by atoms with Crippen LogP contribution in [0.1, 0.15) is 23.2 Å². The number of hydrogen-bond donors (Lipinski definition) is 1. The first kappa shape index (κ1) is 19.3. The predicted molar refractivity (Wildman–Crippen MR) is 95.6 cm³/mol. The lowest BCUT2D eigenvalue weighted by molar-refractivity contribution is -0.146. The van der Waals surface area contributed by atoms with Crippen LogP contribution >= 0.6 is 0 Å². The van der Waals surface area contributed by atoms with E-state index < -0.39 is 17.3 Å². The number of ether oxygens (including phenoxy) is 4. The highest BCUT2D eigenvalue weighted by Gasteiger charge is 2.52. The second-order valence-corrected chi connectivity index (χ2v) is 6.97. The van der Waals surface area contributed by atoms with Crippen molar-refractivity contribution in [2.24, 2.45) is 11.3 Å². The molecular formula is C19H25NO7. The average molecular weight is 379 g/mol. The average Bonchev–Trinajstić information content (AvgIpc) is 3.05. The molecule has 2 aliphatic rings. The van der Waals surface area contributed by atoms with Gasteiger partial charge in [0.15, 0.2) is 11.5 Å². The molecule has 1 spiro atoms. The number of likely N-dealkylation sites (tertiary alicyclic amines) is 1. The number of carbonyl (C=O) groups is 2. The first-order valence-electron chi connectivity index (χ1n) is 8.85. The largest absolute Gasteiger partial charge is 0.493 e. The van der Waals surface area contributed by atoms with Crippen molar-refractivity contribution in [1.29, 1.82) is 0 Å². The zero-order chi connectivity index (χ0) is 19.6. The van der Waals surface area contributed by atoms with E-state index in [9.17, 15) is 14.7 Å². The zero-order valence-corrected chi connectivity index (χ0v) is 15.8. The molecule has 1 unspecified atom stereocenters. The molecule has 2 heterocycles. The topological polar surface area (TPSA) is 94.5 Å². The first-order valence-corrected chi connectivity index (χ1v) is 8.85. The molecule has 2 aliphatic heterocycles. The lowest BCUT2D eigenvalue weighted by Crippen LogP contribution is -2.40. The van der Waals surface area contributed by atoms with Crippen molar-refractivity contribution in [3.05, 3.63) is 17.7 Å². The molecule has 148 valence electrons. The second-order valence-electron chi connectivity index (χ2n) is 6.97. The molecule has 1 atom stereocenters. The van der Waals surface area contributed by atoms with Crippen LogP contribution in [-0.2, 0) is 9.53 Å². The Hall–Kier alpha value is -2.48. The Labute approximate surface area is 157 Å². The van der Waals surface area contributed by atoms with Crippen LogP contribution < -0.4 is 14.2 Å². The van der Waals surface area contributed by atoms with E-state index in [1.54, 1.807) is 17.0 Å². The highest BCUT2D eigenvalue weighted by molar-refractivity contribution is 5.96. The third kappa shape index (κ3) is 3.41. The van der Waals surface area contributed by atoms with E-state index in [0.717, 1.165) is 0 Å². The van der Waals surface area contributed by atoms with Crippen LogP contribution in [0.4, 0.5) is 0 Å². The van der Waals surface area contributed by atoms with Gasteiger partial charge in [0.25, 0.3) is 5.91 Å². The summed E-state index contributed by atoms with van der Waals surface area (Å²) >= 11 is 0. The molecule has 0 radical (unpaired) electrons. The van der Waals surface area contributed by atoms with Crippen LogP contribution in [0, 0.1) is 11.3 Å². The molecular weight excluding hydrogens is 354 g/mol. The highest BCUT2D eigenvalue weighted by atomic mass is 16.5. The summed E-state index contributed by atoms with van der Waals surface area (Å²) in [7, 11) is 4.46. The lowest BCUT2D eigenvalue weighted by Gasteiger charge is -2.36. The summed E-state index contributed by atoms with van der Waals surface area (Å²) in [5.74, 6) is -0.527. The van der Waals surface area contributed by atoms with Gasteiger partial charge in [-0.1, -0.05) is 0 Å². The maximum Gasteiger partial charge on any atom is 0.308 e. The molecule has 2 saturated heterocycles. The number of methoxy groups -OCH3 is 3. The number of carbonyl (C=O) groups excluding carboxylic acids is 1. The molecule has 27 heavy (non-hydrogen) atoms. The van der Waals surface area contributed by atoms with Gasteiger partial charge in [-0.05, 0) is 25.0 Å². The number of rotatable bonds is 5. The Morgan fingerprint density at radius 2 is 1.70 bits per heavy atom. The molecule has 2 fully saturated rings. The van der Waals surface area contributed by atoms with Crippen LogP contribution in [0.15, 0.2) is 12.1 Å². The standard InChI is InChI=1S/C19H25NO7/c1-24-14-8-12(9-15(25-2)16(14)26-3)17(21)20-10-13(18(22)23)19(11-20)4-6-27-7-5-19/h8-9,13H,4-7,10-11H2,1-3H3,(H,22,23). The van der Waals surface area contributed by atoms with Crippen molar-refractivity contribution in [3.63, 3.8) is 0 Å². The van der Waals surface area contributed by atoms with Crippen LogP contribution in [-0.4, -0.2) is 69.5 Å². The molecule has 8 nitrogen and oxygen atoms in total. The lowest BCUT2D eigenvalue weighted by atomic mass is 9.72. The van der Waals surface area contributed by atoms with Crippen molar-refractivity contribution in [2.75, 3.05) is 47.6 Å². The van der Waals surface area contributed by atoms with Gasteiger partial charge in [0.05, 0.1) is 27.2 Å². The third-order valence-electron chi connectivity index (χ3n) is 5.63. The van der Waals surface area contributed by atoms with Crippen molar-refractivity contribution in [1.82, 2.24) is 4.90 Å². The molecule has 1 aromatic rings. The Morgan fingerprint density at radius 1 is 1.11 bits per heavy atom. The third-order valence-corrected chi connectivity index (χ3v) is 5.63. The Morgan fingerprint density at radius 3 is 2.19 bits per heavy atom. The number of carboxylic acid groups (broad SMARTS) is 1. The van der Waals surface area contributed by atoms with Crippen molar-refractivity contribution >= 4 is 11.9 Å². The van der Waals surface area contributed by atoms with Gasteiger partial charge in [-0.2, -0.15) is 0 Å². The normalized spacial score (nSPS) is 21.1.